The fourth-order valence-corrected chi connectivity index (χ4v) is 2.61. The molecule has 0 aromatic carbocycles. The van der Waals surface area contributed by atoms with Gasteiger partial charge in [-0.3, -0.25) is 9.78 Å². The monoisotopic (exact) mass is 252 g/mol. The highest BCUT2D eigenvalue weighted by Gasteiger charge is 2.32. The number of nitrogens with zero attached hydrogens (tertiary/aromatic N) is 2. The van der Waals surface area contributed by atoms with E-state index in [1.54, 1.807) is 18.5 Å². The predicted octanol–water partition coefficient (Wildman–Crippen LogP) is 3.00. The third kappa shape index (κ3) is 2.44. The van der Waals surface area contributed by atoms with Crippen LogP contribution in [0.3, 0.4) is 0 Å². The van der Waals surface area contributed by atoms with Crippen LogP contribution in [-0.4, -0.2) is 28.4 Å². The molecule has 92 valence electrons. The topological polar surface area (TPSA) is 33.2 Å². The molecule has 17 heavy (non-hydrogen) atoms. The zero-order valence-corrected chi connectivity index (χ0v) is 10.9. The van der Waals surface area contributed by atoms with Gasteiger partial charge in [-0.25, -0.2) is 0 Å². The number of amides is 1. The van der Waals surface area contributed by atoms with Crippen molar-refractivity contribution in [2.45, 2.75) is 32.7 Å². The van der Waals surface area contributed by atoms with Crippen LogP contribution >= 0.6 is 11.6 Å². The summed E-state index contributed by atoms with van der Waals surface area (Å²) >= 11 is 6.04. The first-order valence-electron chi connectivity index (χ1n) is 6.01. The third-order valence-electron chi connectivity index (χ3n) is 3.33. The fourth-order valence-electron chi connectivity index (χ4n) is 2.43. The van der Waals surface area contributed by atoms with E-state index >= 15 is 0 Å². The molecule has 1 aliphatic heterocycles. The first-order chi connectivity index (χ1) is 8.11. The Hall–Kier alpha value is -1.09. The molecule has 0 radical (unpaired) electrons. The molecule has 1 fully saturated rings. The lowest BCUT2D eigenvalue weighted by atomic mass is 10.0. The van der Waals surface area contributed by atoms with Gasteiger partial charge in [-0.05, 0) is 24.8 Å². The molecule has 0 bridgehead atoms. The number of likely N-dealkylation sites (tertiary alicyclic amines) is 1. The summed E-state index contributed by atoms with van der Waals surface area (Å²) in [6.07, 6.45) is 5.32. The van der Waals surface area contributed by atoms with Crippen LogP contribution in [0.25, 0.3) is 0 Å². The summed E-state index contributed by atoms with van der Waals surface area (Å²) in [7, 11) is 0. The summed E-state index contributed by atoms with van der Waals surface area (Å²) in [5, 5.41) is 0.486. The van der Waals surface area contributed by atoms with Crippen LogP contribution in [0.15, 0.2) is 18.5 Å². The minimum atomic E-state index is 0.0132. The van der Waals surface area contributed by atoms with Gasteiger partial charge in [0.1, 0.15) is 0 Å². The van der Waals surface area contributed by atoms with Crippen molar-refractivity contribution < 1.29 is 4.79 Å². The van der Waals surface area contributed by atoms with Crippen LogP contribution in [-0.2, 0) is 0 Å². The van der Waals surface area contributed by atoms with E-state index in [1.807, 2.05) is 4.90 Å². The number of halogens is 1. The van der Waals surface area contributed by atoms with Crippen molar-refractivity contribution in [3.8, 4) is 0 Å². The highest BCUT2D eigenvalue weighted by Crippen LogP contribution is 2.27. The van der Waals surface area contributed by atoms with Crippen molar-refractivity contribution in [2.24, 2.45) is 5.92 Å². The van der Waals surface area contributed by atoms with Crippen molar-refractivity contribution in [1.29, 1.82) is 0 Å². The Labute approximate surface area is 107 Å². The van der Waals surface area contributed by atoms with Crippen molar-refractivity contribution >= 4 is 17.5 Å². The lowest BCUT2D eigenvalue weighted by molar-refractivity contribution is 0.0701. The predicted molar refractivity (Wildman–Crippen MR) is 68.1 cm³/mol. The molecule has 1 aromatic heterocycles. The molecule has 0 N–H and O–H groups in total. The number of pyridine rings is 1. The Kier molecular flexibility index (Phi) is 3.67. The van der Waals surface area contributed by atoms with Gasteiger partial charge in [0.15, 0.2) is 0 Å². The highest BCUT2D eigenvalue weighted by molar-refractivity contribution is 6.33. The molecule has 1 aliphatic rings. The molecular formula is C13H17ClN2O. The maximum Gasteiger partial charge on any atom is 0.257 e. The van der Waals surface area contributed by atoms with Gasteiger partial charge < -0.3 is 4.90 Å². The Morgan fingerprint density at radius 1 is 1.59 bits per heavy atom. The third-order valence-corrected chi connectivity index (χ3v) is 3.66. The zero-order valence-electron chi connectivity index (χ0n) is 10.2. The summed E-state index contributed by atoms with van der Waals surface area (Å²) in [6.45, 7) is 5.13. The first kappa shape index (κ1) is 12.4. The number of hydrogen-bond donors (Lipinski definition) is 0. The number of carbonyl (C=O) groups excluding carboxylic acids is 1. The second kappa shape index (κ2) is 5.05. The van der Waals surface area contributed by atoms with E-state index in [1.165, 1.54) is 0 Å². The smallest absolute Gasteiger partial charge is 0.257 e. The number of aromatic nitrogens is 1. The molecule has 1 aromatic rings. The molecule has 2 heterocycles. The Bertz CT molecular complexity index is 420. The Balaban J connectivity index is 2.23. The molecule has 1 unspecified atom stereocenters. The second-order valence-corrected chi connectivity index (χ2v) is 5.21. The van der Waals surface area contributed by atoms with E-state index in [2.05, 4.69) is 18.8 Å². The summed E-state index contributed by atoms with van der Waals surface area (Å²) in [6, 6.07) is 1.99. The summed E-state index contributed by atoms with van der Waals surface area (Å²) in [4.78, 5) is 18.3. The van der Waals surface area contributed by atoms with E-state index in [9.17, 15) is 4.79 Å². The molecule has 2 rings (SSSR count). The van der Waals surface area contributed by atoms with Gasteiger partial charge in [0.25, 0.3) is 5.91 Å². The minimum absolute atomic E-state index is 0.0132. The van der Waals surface area contributed by atoms with Gasteiger partial charge in [0.2, 0.25) is 0 Å². The van der Waals surface area contributed by atoms with Crippen molar-refractivity contribution in [2.75, 3.05) is 6.54 Å². The standard InChI is InChI=1S/C13H17ClN2O/c1-9(2)12-4-3-7-16(12)13(17)10-8-15-6-5-11(10)14/h5-6,8-9,12H,3-4,7H2,1-2H3. The molecule has 1 amide bonds. The normalized spacial score (nSPS) is 20.0. The molecule has 0 spiro atoms. The highest BCUT2D eigenvalue weighted by atomic mass is 35.5. The zero-order chi connectivity index (χ0) is 12.4. The number of rotatable bonds is 2. The molecule has 0 saturated carbocycles. The molecule has 0 aliphatic carbocycles. The van der Waals surface area contributed by atoms with Gasteiger partial charge >= 0.3 is 0 Å². The largest absolute Gasteiger partial charge is 0.335 e. The average Bonchev–Trinajstić information content (AvgIpc) is 2.77. The fraction of sp³-hybridized carbons (Fsp3) is 0.538. The van der Waals surface area contributed by atoms with E-state index in [0.717, 1.165) is 19.4 Å². The van der Waals surface area contributed by atoms with Gasteiger partial charge in [-0.15, -0.1) is 0 Å². The summed E-state index contributed by atoms with van der Waals surface area (Å²) in [5.74, 6) is 0.496. The van der Waals surface area contributed by atoms with Crippen LogP contribution in [0, 0.1) is 5.92 Å². The maximum atomic E-state index is 12.4. The van der Waals surface area contributed by atoms with E-state index in [4.69, 9.17) is 11.6 Å². The minimum Gasteiger partial charge on any atom is -0.335 e. The van der Waals surface area contributed by atoms with Gasteiger partial charge in [0, 0.05) is 25.0 Å². The molecule has 4 heteroatoms. The Morgan fingerprint density at radius 3 is 3.00 bits per heavy atom. The van der Waals surface area contributed by atoms with E-state index < -0.39 is 0 Å². The summed E-state index contributed by atoms with van der Waals surface area (Å²) in [5.41, 5.74) is 0.515. The van der Waals surface area contributed by atoms with Crippen LogP contribution < -0.4 is 0 Å². The van der Waals surface area contributed by atoms with Crippen molar-refractivity contribution in [3.05, 3.63) is 29.0 Å². The SMILES string of the molecule is CC(C)C1CCCN1C(=O)c1cnccc1Cl. The maximum absolute atomic E-state index is 12.4. The van der Waals surface area contributed by atoms with Crippen LogP contribution in [0.1, 0.15) is 37.0 Å². The van der Waals surface area contributed by atoms with Crippen LogP contribution in [0.4, 0.5) is 0 Å². The lowest BCUT2D eigenvalue weighted by Gasteiger charge is -2.27. The van der Waals surface area contributed by atoms with Crippen molar-refractivity contribution in [3.63, 3.8) is 0 Å². The average molecular weight is 253 g/mol. The number of hydrogen-bond acceptors (Lipinski definition) is 2. The van der Waals surface area contributed by atoms with Gasteiger partial charge in [-0.2, -0.15) is 0 Å². The molecule has 1 atom stereocenters. The van der Waals surface area contributed by atoms with E-state index in [0.29, 0.717) is 22.5 Å². The van der Waals surface area contributed by atoms with Crippen molar-refractivity contribution in [1.82, 2.24) is 9.88 Å². The quantitative estimate of drug-likeness (QED) is 0.811. The molecular weight excluding hydrogens is 236 g/mol. The van der Waals surface area contributed by atoms with Crippen LogP contribution in [0.2, 0.25) is 5.02 Å². The number of carbonyl (C=O) groups is 1. The van der Waals surface area contributed by atoms with E-state index in [-0.39, 0.29) is 5.91 Å². The summed E-state index contributed by atoms with van der Waals surface area (Å²) < 4.78 is 0. The first-order valence-corrected chi connectivity index (χ1v) is 6.39. The second-order valence-electron chi connectivity index (χ2n) is 4.81. The van der Waals surface area contributed by atoms with Crippen LogP contribution in [0.5, 0.6) is 0 Å². The molecule has 3 nitrogen and oxygen atoms in total. The lowest BCUT2D eigenvalue weighted by Crippen LogP contribution is -2.38. The van der Waals surface area contributed by atoms with Gasteiger partial charge in [0.05, 0.1) is 10.6 Å². The Morgan fingerprint density at radius 2 is 2.35 bits per heavy atom. The van der Waals surface area contributed by atoms with Gasteiger partial charge in [-0.1, -0.05) is 25.4 Å². The molecule has 1 saturated heterocycles.